The minimum Gasteiger partial charge on any atom is -0.493 e. The standard InChI is InChI=1S/C18H25NO5/c1-5-10-24-14-8-6-13(11-15(14)23-4)7-9-16(20)19-17(12(2)3)18(21)22/h6-9,11-12,17H,5,10H2,1-4H3,(H,19,20)(H,21,22)/b9-7+/t17-/m0/s1. The van der Waals surface area contributed by atoms with E-state index in [0.29, 0.717) is 18.1 Å². The highest BCUT2D eigenvalue weighted by molar-refractivity contribution is 5.94. The van der Waals surface area contributed by atoms with Crippen LogP contribution >= 0.6 is 0 Å². The number of hydrogen-bond acceptors (Lipinski definition) is 4. The molecule has 0 saturated heterocycles. The second-order valence-electron chi connectivity index (χ2n) is 5.66. The summed E-state index contributed by atoms with van der Waals surface area (Å²) in [6.45, 7) is 6.09. The predicted molar refractivity (Wildman–Crippen MR) is 92.2 cm³/mol. The lowest BCUT2D eigenvalue weighted by Gasteiger charge is -2.16. The molecule has 0 radical (unpaired) electrons. The van der Waals surface area contributed by atoms with Crippen LogP contribution in [-0.2, 0) is 9.59 Å². The number of nitrogens with one attached hydrogen (secondary N) is 1. The molecule has 1 atom stereocenters. The Balaban J connectivity index is 2.79. The molecule has 0 fully saturated rings. The summed E-state index contributed by atoms with van der Waals surface area (Å²) in [5, 5.41) is 11.6. The average Bonchev–Trinajstić information content (AvgIpc) is 2.55. The van der Waals surface area contributed by atoms with Gasteiger partial charge in [0.1, 0.15) is 6.04 Å². The van der Waals surface area contributed by atoms with Gasteiger partial charge < -0.3 is 19.9 Å². The molecule has 0 aliphatic carbocycles. The molecule has 0 aliphatic rings. The third-order valence-corrected chi connectivity index (χ3v) is 3.31. The first-order valence-corrected chi connectivity index (χ1v) is 7.91. The van der Waals surface area contributed by atoms with E-state index in [0.717, 1.165) is 12.0 Å². The summed E-state index contributed by atoms with van der Waals surface area (Å²) < 4.78 is 10.8. The second-order valence-corrected chi connectivity index (χ2v) is 5.66. The van der Waals surface area contributed by atoms with Crippen molar-refractivity contribution >= 4 is 18.0 Å². The van der Waals surface area contributed by atoms with Crippen molar-refractivity contribution in [2.45, 2.75) is 33.2 Å². The molecule has 0 spiro atoms. The van der Waals surface area contributed by atoms with Crippen molar-refractivity contribution in [1.29, 1.82) is 0 Å². The van der Waals surface area contributed by atoms with E-state index >= 15 is 0 Å². The molecule has 132 valence electrons. The number of carboxylic acid groups (broad SMARTS) is 1. The summed E-state index contributed by atoms with van der Waals surface area (Å²) in [5.41, 5.74) is 0.752. The number of aliphatic carboxylic acids is 1. The SMILES string of the molecule is CCCOc1ccc(/C=C/C(=O)N[C@H](C(=O)O)C(C)C)cc1OC. The first kappa shape index (κ1) is 19.5. The van der Waals surface area contributed by atoms with Crippen LogP contribution in [0.4, 0.5) is 0 Å². The van der Waals surface area contributed by atoms with Crippen molar-refractivity contribution in [3.05, 3.63) is 29.8 Å². The largest absolute Gasteiger partial charge is 0.493 e. The molecular weight excluding hydrogens is 310 g/mol. The van der Waals surface area contributed by atoms with Crippen LogP contribution in [0.2, 0.25) is 0 Å². The van der Waals surface area contributed by atoms with Crippen molar-refractivity contribution < 1.29 is 24.2 Å². The van der Waals surface area contributed by atoms with Gasteiger partial charge in [0.05, 0.1) is 13.7 Å². The summed E-state index contributed by atoms with van der Waals surface area (Å²) in [5.74, 6) is -0.481. The highest BCUT2D eigenvalue weighted by atomic mass is 16.5. The summed E-state index contributed by atoms with van der Waals surface area (Å²) >= 11 is 0. The van der Waals surface area contributed by atoms with Gasteiger partial charge in [0, 0.05) is 6.08 Å². The number of benzene rings is 1. The molecule has 0 heterocycles. The fourth-order valence-corrected chi connectivity index (χ4v) is 2.01. The first-order chi connectivity index (χ1) is 11.4. The molecule has 0 saturated carbocycles. The Morgan fingerprint density at radius 3 is 2.54 bits per heavy atom. The molecule has 0 aliphatic heterocycles. The molecular formula is C18H25NO5. The maximum Gasteiger partial charge on any atom is 0.326 e. The summed E-state index contributed by atoms with van der Waals surface area (Å²) in [6.07, 6.45) is 3.80. The monoisotopic (exact) mass is 335 g/mol. The molecule has 0 unspecified atom stereocenters. The highest BCUT2D eigenvalue weighted by Crippen LogP contribution is 2.28. The summed E-state index contributed by atoms with van der Waals surface area (Å²) in [6, 6.07) is 4.42. The number of rotatable bonds is 9. The van der Waals surface area contributed by atoms with Gasteiger partial charge in [0.15, 0.2) is 11.5 Å². The van der Waals surface area contributed by atoms with Crippen LogP contribution in [-0.4, -0.2) is 36.7 Å². The van der Waals surface area contributed by atoms with Crippen molar-refractivity contribution in [2.75, 3.05) is 13.7 Å². The van der Waals surface area contributed by atoms with E-state index < -0.39 is 17.9 Å². The van der Waals surface area contributed by atoms with Crippen molar-refractivity contribution in [3.8, 4) is 11.5 Å². The van der Waals surface area contributed by atoms with Gasteiger partial charge in [-0.1, -0.05) is 26.8 Å². The van der Waals surface area contributed by atoms with Crippen LogP contribution in [0.25, 0.3) is 6.08 Å². The van der Waals surface area contributed by atoms with Crippen LogP contribution in [0.1, 0.15) is 32.8 Å². The Morgan fingerprint density at radius 1 is 1.29 bits per heavy atom. The maximum atomic E-state index is 11.9. The topological polar surface area (TPSA) is 84.9 Å². The summed E-state index contributed by atoms with van der Waals surface area (Å²) in [4.78, 5) is 23.0. The first-order valence-electron chi connectivity index (χ1n) is 7.91. The Bertz CT molecular complexity index is 595. The van der Waals surface area contributed by atoms with Gasteiger partial charge in [-0.25, -0.2) is 4.79 Å². The Labute approximate surface area is 142 Å². The normalized spacial score (nSPS) is 12.2. The lowest BCUT2D eigenvalue weighted by Crippen LogP contribution is -2.43. The van der Waals surface area contributed by atoms with E-state index in [2.05, 4.69) is 5.32 Å². The molecule has 1 rings (SSSR count). The number of methoxy groups -OCH3 is 1. The number of carbonyl (C=O) groups is 2. The van der Waals surface area contributed by atoms with Crippen LogP contribution in [0, 0.1) is 5.92 Å². The zero-order valence-corrected chi connectivity index (χ0v) is 14.5. The van der Waals surface area contributed by atoms with Gasteiger partial charge in [-0.15, -0.1) is 0 Å². The van der Waals surface area contributed by atoms with E-state index in [4.69, 9.17) is 14.6 Å². The van der Waals surface area contributed by atoms with E-state index in [9.17, 15) is 9.59 Å². The number of hydrogen-bond donors (Lipinski definition) is 2. The zero-order chi connectivity index (χ0) is 18.1. The Morgan fingerprint density at radius 2 is 2.00 bits per heavy atom. The van der Waals surface area contributed by atoms with E-state index in [1.807, 2.05) is 6.92 Å². The third kappa shape index (κ3) is 5.95. The van der Waals surface area contributed by atoms with Crippen molar-refractivity contribution in [2.24, 2.45) is 5.92 Å². The summed E-state index contributed by atoms with van der Waals surface area (Å²) in [7, 11) is 1.55. The minimum atomic E-state index is -1.05. The molecule has 24 heavy (non-hydrogen) atoms. The zero-order valence-electron chi connectivity index (χ0n) is 14.5. The molecule has 6 heteroatoms. The molecule has 1 aromatic rings. The van der Waals surface area contributed by atoms with Crippen LogP contribution in [0.5, 0.6) is 11.5 Å². The van der Waals surface area contributed by atoms with E-state index in [1.165, 1.54) is 6.08 Å². The van der Waals surface area contributed by atoms with Crippen molar-refractivity contribution in [1.82, 2.24) is 5.32 Å². The minimum absolute atomic E-state index is 0.199. The molecule has 0 aromatic heterocycles. The smallest absolute Gasteiger partial charge is 0.326 e. The lowest BCUT2D eigenvalue weighted by molar-refractivity contribution is -0.142. The van der Waals surface area contributed by atoms with E-state index in [1.54, 1.807) is 45.2 Å². The fraction of sp³-hybridized carbons (Fsp3) is 0.444. The second kappa shape index (κ2) is 9.60. The number of carbonyl (C=O) groups excluding carboxylic acids is 1. The van der Waals surface area contributed by atoms with Gasteiger partial charge >= 0.3 is 5.97 Å². The lowest BCUT2D eigenvalue weighted by atomic mass is 10.0. The van der Waals surface area contributed by atoms with Gasteiger partial charge in [0.25, 0.3) is 0 Å². The Kier molecular flexibility index (Phi) is 7.82. The maximum absolute atomic E-state index is 11.9. The molecule has 1 amide bonds. The van der Waals surface area contributed by atoms with Gasteiger partial charge in [-0.2, -0.15) is 0 Å². The van der Waals surface area contributed by atoms with Crippen LogP contribution in [0.15, 0.2) is 24.3 Å². The Hall–Kier alpha value is -2.50. The number of carboxylic acids is 1. The molecule has 0 bridgehead atoms. The third-order valence-electron chi connectivity index (χ3n) is 3.31. The fourth-order valence-electron chi connectivity index (χ4n) is 2.01. The van der Waals surface area contributed by atoms with Gasteiger partial charge in [-0.05, 0) is 36.1 Å². The van der Waals surface area contributed by atoms with Crippen LogP contribution < -0.4 is 14.8 Å². The average molecular weight is 335 g/mol. The molecule has 2 N–H and O–H groups in total. The van der Waals surface area contributed by atoms with Gasteiger partial charge in [0.2, 0.25) is 5.91 Å². The number of amides is 1. The van der Waals surface area contributed by atoms with Crippen LogP contribution in [0.3, 0.4) is 0 Å². The predicted octanol–water partition coefficient (Wildman–Crippen LogP) is 2.72. The number of ether oxygens (including phenoxy) is 2. The van der Waals surface area contributed by atoms with Crippen molar-refractivity contribution in [3.63, 3.8) is 0 Å². The highest BCUT2D eigenvalue weighted by Gasteiger charge is 2.22. The molecule has 1 aromatic carbocycles. The molecule has 6 nitrogen and oxygen atoms in total. The quantitative estimate of drug-likeness (QED) is 0.678. The van der Waals surface area contributed by atoms with E-state index in [-0.39, 0.29) is 5.92 Å². The van der Waals surface area contributed by atoms with Gasteiger partial charge in [-0.3, -0.25) is 4.79 Å².